The quantitative estimate of drug-likeness (QED) is 0.504. The summed E-state index contributed by atoms with van der Waals surface area (Å²) in [7, 11) is 0. The van der Waals surface area contributed by atoms with Crippen LogP contribution in [-0.4, -0.2) is 31.4 Å². The van der Waals surface area contributed by atoms with Gasteiger partial charge in [0.05, 0.1) is 17.3 Å². The van der Waals surface area contributed by atoms with Gasteiger partial charge in [-0.25, -0.2) is 4.98 Å². The molecule has 0 saturated heterocycles. The van der Waals surface area contributed by atoms with Crippen LogP contribution in [0.15, 0.2) is 59.8 Å². The Kier molecular flexibility index (Phi) is 5.25. The summed E-state index contributed by atoms with van der Waals surface area (Å²) < 4.78 is 2.13. The van der Waals surface area contributed by atoms with Crippen LogP contribution in [0.1, 0.15) is 25.5 Å². The lowest BCUT2D eigenvalue weighted by Gasteiger charge is -2.13. The zero-order valence-corrected chi connectivity index (χ0v) is 16.6. The van der Waals surface area contributed by atoms with Crippen molar-refractivity contribution in [2.75, 3.05) is 5.75 Å². The van der Waals surface area contributed by atoms with E-state index in [1.165, 1.54) is 11.8 Å². The average molecular weight is 392 g/mol. The molecule has 28 heavy (non-hydrogen) atoms. The molecule has 142 valence electrons. The van der Waals surface area contributed by atoms with Gasteiger partial charge >= 0.3 is 0 Å². The minimum absolute atomic E-state index is 0.0431. The minimum Gasteiger partial charge on any atom is -0.349 e. The zero-order valence-electron chi connectivity index (χ0n) is 15.8. The van der Waals surface area contributed by atoms with Crippen molar-refractivity contribution in [3.8, 4) is 0 Å². The number of hydrogen-bond acceptors (Lipinski definition) is 5. The predicted octanol–water partition coefficient (Wildman–Crippen LogP) is 3.97. The molecule has 0 saturated carbocycles. The van der Waals surface area contributed by atoms with E-state index in [0.29, 0.717) is 5.16 Å². The Morgan fingerprint density at radius 1 is 1.11 bits per heavy atom. The van der Waals surface area contributed by atoms with Crippen molar-refractivity contribution in [3.63, 3.8) is 0 Å². The molecule has 0 bridgehead atoms. The molecule has 1 atom stereocenters. The fraction of sp³-hybridized carbons (Fsp3) is 0.238. The molecule has 2 aromatic carbocycles. The summed E-state index contributed by atoms with van der Waals surface area (Å²) >= 11 is 1.30. The molecule has 0 radical (unpaired) electrons. The highest BCUT2D eigenvalue weighted by Crippen LogP contribution is 2.27. The van der Waals surface area contributed by atoms with Crippen molar-refractivity contribution in [3.05, 3.63) is 60.2 Å². The van der Waals surface area contributed by atoms with E-state index in [-0.39, 0.29) is 17.7 Å². The van der Waals surface area contributed by atoms with Gasteiger partial charge < -0.3 is 9.88 Å². The maximum atomic E-state index is 12.3. The molecule has 0 spiro atoms. The number of nitrogens with one attached hydrogen (secondary N) is 1. The average Bonchev–Trinajstić information content (AvgIpc) is 3.05. The van der Waals surface area contributed by atoms with Crippen molar-refractivity contribution in [1.82, 2.24) is 25.1 Å². The number of nitrogens with zero attached hydrogens (tertiary/aromatic N) is 4. The highest BCUT2D eigenvalue weighted by molar-refractivity contribution is 7.99. The predicted molar refractivity (Wildman–Crippen MR) is 112 cm³/mol. The van der Waals surface area contributed by atoms with E-state index >= 15 is 0 Å². The molecule has 0 aliphatic carbocycles. The van der Waals surface area contributed by atoms with E-state index in [1.807, 2.05) is 55.5 Å². The first-order chi connectivity index (χ1) is 13.7. The first kappa shape index (κ1) is 18.4. The molecule has 4 aromatic rings. The third kappa shape index (κ3) is 3.57. The van der Waals surface area contributed by atoms with Crippen LogP contribution >= 0.6 is 11.8 Å². The molecular weight excluding hydrogens is 370 g/mol. The van der Waals surface area contributed by atoms with Crippen molar-refractivity contribution < 1.29 is 4.79 Å². The number of fused-ring (bicyclic) bond motifs is 3. The van der Waals surface area contributed by atoms with Gasteiger partial charge in [0.2, 0.25) is 11.1 Å². The highest BCUT2D eigenvalue weighted by atomic mass is 32.2. The molecule has 0 aliphatic rings. The normalized spacial score (nSPS) is 12.4. The first-order valence-corrected chi connectivity index (χ1v) is 10.2. The summed E-state index contributed by atoms with van der Waals surface area (Å²) in [5.41, 5.74) is 3.77. The van der Waals surface area contributed by atoms with Crippen molar-refractivity contribution in [1.29, 1.82) is 0 Å². The molecule has 1 amide bonds. The van der Waals surface area contributed by atoms with Crippen LogP contribution in [0.4, 0.5) is 0 Å². The van der Waals surface area contributed by atoms with Gasteiger partial charge in [-0.05, 0) is 25.5 Å². The third-order valence-corrected chi connectivity index (χ3v) is 5.52. The molecule has 6 nitrogen and oxygen atoms in total. The number of thioether (sulfide) groups is 1. The molecule has 2 aromatic heterocycles. The molecule has 2 heterocycles. The van der Waals surface area contributed by atoms with E-state index in [1.54, 1.807) is 0 Å². The molecule has 0 fully saturated rings. The monoisotopic (exact) mass is 391 g/mol. The number of carbonyl (C=O) groups excluding carboxylic acids is 1. The number of amides is 1. The molecule has 7 heteroatoms. The largest absolute Gasteiger partial charge is 0.349 e. The lowest BCUT2D eigenvalue weighted by atomic mass is 10.1. The second-order valence-electron chi connectivity index (χ2n) is 6.52. The van der Waals surface area contributed by atoms with Gasteiger partial charge in [0, 0.05) is 11.9 Å². The highest BCUT2D eigenvalue weighted by Gasteiger charge is 2.15. The second kappa shape index (κ2) is 7.98. The number of aromatic nitrogens is 4. The summed E-state index contributed by atoms with van der Waals surface area (Å²) in [5.74, 6) is 0.192. The van der Waals surface area contributed by atoms with Gasteiger partial charge in [0.1, 0.15) is 5.52 Å². The lowest BCUT2D eigenvalue weighted by Crippen LogP contribution is -2.28. The molecule has 1 N–H and O–H groups in total. The summed E-state index contributed by atoms with van der Waals surface area (Å²) in [6.07, 6.45) is 0. The standard InChI is InChI=1S/C21H21N5OS/c1-3-26-17-12-8-7-11-16(17)19-20(26)23-21(25-24-19)28-13-18(27)22-14(2)15-9-5-4-6-10-15/h4-12,14H,3,13H2,1-2H3,(H,22,27). The van der Waals surface area contributed by atoms with E-state index in [9.17, 15) is 4.79 Å². The molecule has 4 rings (SSSR count). The zero-order chi connectivity index (χ0) is 19.5. The van der Waals surface area contributed by atoms with Crippen LogP contribution in [0.3, 0.4) is 0 Å². The van der Waals surface area contributed by atoms with E-state index in [4.69, 9.17) is 0 Å². The maximum Gasteiger partial charge on any atom is 0.230 e. The Hall–Kier alpha value is -2.93. The van der Waals surface area contributed by atoms with Crippen molar-refractivity contribution in [2.45, 2.75) is 31.6 Å². The van der Waals surface area contributed by atoms with E-state index in [2.05, 4.69) is 38.1 Å². The van der Waals surface area contributed by atoms with Gasteiger partial charge in [0.25, 0.3) is 0 Å². The summed E-state index contributed by atoms with van der Waals surface area (Å²) in [6.45, 7) is 4.85. The van der Waals surface area contributed by atoms with E-state index in [0.717, 1.165) is 34.2 Å². The maximum absolute atomic E-state index is 12.3. The fourth-order valence-corrected chi connectivity index (χ4v) is 3.90. The van der Waals surface area contributed by atoms with Gasteiger partial charge in [-0.2, -0.15) is 0 Å². The van der Waals surface area contributed by atoms with Crippen LogP contribution in [0, 0.1) is 0 Å². The van der Waals surface area contributed by atoms with Crippen LogP contribution < -0.4 is 5.32 Å². The summed E-state index contributed by atoms with van der Waals surface area (Å²) in [5, 5.41) is 13.2. The number of aryl methyl sites for hydroxylation is 1. The summed E-state index contributed by atoms with van der Waals surface area (Å²) in [6, 6.07) is 18.0. The topological polar surface area (TPSA) is 72.7 Å². The Labute approximate surface area is 167 Å². The number of para-hydroxylation sites is 1. The van der Waals surface area contributed by atoms with Crippen LogP contribution in [0.25, 0.3) is 22.1 Å². The minimum atomic E-state index is -0.0546. The van der Waals surface area contributed by atoms with Gasteiger partial charge in [-0.1, -0.05) is 60.3 Å². The third-order valence-electron chi connectivity index (χ3n) is 4.68. The van der Waals surface area contributed by atoms with Crippen LogP contribution in [-0.2, 0) is 11.3 Å². The van der Waals surface area contributed by atoms with Gasteiger partial charge in [0.15, 0.2) is 5.65 Å². The second-order valence-corrected chi connectivity index (χ2v) is 7.46. The van der Waals surface area contributed by atoms with Gasteiger partial charge in [-0.3, -0.25) is 4.79 Å². The molecule has 0 aliphatic heterocycles. The van der Waals surface area contributed by atoms with Crippen molar-refractivity contribution in [2.24, 2.45) is 0 Å². The van der Waals surface area contributed by atoms with Crippen LogP contribution in [0.2, 0.25) is 0 Å². The van der Waals surface area contributed by atoms with Crippen molar-refractivity contribution >= 4 is 39.7 Å². The number of benzene rings is 2. The van der Waals surface area contributed by atoms with E-state index < -0.39 is 0 Å². The van der Waals surface area contributed by atoms with Gasteiger partial charge in [-0.15, -0.1) is 10.2 Å². The Morgan fingerprint density at radius 2 is 1.86 bits per heavy atom. The number of rotatable bonds is 6. The number of hydrogen-bond donors (Lipinski definition) is 1. The Morgan fingerprint density at radius 3 is 2.64 bits per heavy atom. The SMILES string of the molecule is CCn1c2ccccc2c2nnc(SCC(=O)NC(C)c3ccccc3)nc21. The fourth-order valence-electron chi connectivity index (χ4n) is 3.31. The molecule has 1 unspecified atom stereocenters. The number of carbonyl (C=O) groups is 1. The lowest BCUT2D eigenvalue weighted by molar-refractivity contribution is -0.119. The van der Waals surface area contributed by atoms with Crippen LogP contribution in [0.5, 0.6) is 0 Å². The summed E-state index contributed by atoms with van der Waals surface area (Å²) in [4.78, 5) is 17.0. The molecular formula is C21H21N5OS. The first-order valence-electron chi connectivity index (χ1n) is 9.26. The smallest absolute Gasteiger partial charge is 0.230 e. The Balaban J connectivity index is 1.49. The Bertz CT molecular complexity index is 1130.